The molecule has 3 heterocycles. The van der Waals surface area contributed by atoms with Crippen molar-refractivity contribution in [2.24, 2.45) is 11.8 Å². The molecule has 0 spiro atoms. The number of hydrogen-bond acceptors (Lipinski definition) is 8. The number of carbonyl (C=O) groups is 2. The van der Waals surface area contributed by atoms with Crippen molar-refractivity contribution in [1.82, 2.24) is 0 Å². The third kappa shape index (κ3) is 2.58. The van der Waals surface area contributed by atoms with Gasteiger partial charge in [-0.1, -0.05) is 0 Å². The Kier molecular flexibility index (Phi) is 4.25. The summed E-state index contributed by atoms with van der Waals surface area (Å²) in [6, 6.07) is 0. The van der Waals surface area contributed by atoms with E-state index in [4.69, 9.17) is 14.0 Å². The van der Waals surface area contributed by atoms with Crippen molar-refractivity contribution >= 4 is 22.1 Å². The summed E-state index contributed by atoms with van der Waals surface area (Å²) in [5.41, 5.74) is 0. The molecule has 148 valence electrons. The van der Waals surface area contributed by atoms with Crippen LogP contribution in [0.25, 0.3) is 0 Å². The fourth-order valence-electron chi connectivity index (χ4n) is 3.34. The van der Waals surface area contributed by atoms with Gasteiger partial charge in [0.25, 0.3) is 0 Å². The molecule has 3 rings (SSSR count). The van der Waals surface area contributed by atoms with Crippen LogP contribution in [0.5, 0.6) is 0 Å². The number of rotatable bonds is 6. The van der Waals surface area contributed by atoms with E-state index in [9.17, 15) is 40.7 Å². The first kappa shape index (κ1) is 19.3. The van der Waals surface area contributed by atoms with Crippen molar-refractivity contribution < 1.29 is 59.4 Å². The van der Waals surface area contributed by atoms with Crippen LogP contribution in [-0.2, 0) is 33.9 Å². The molecule has 26 heavy (non-hydrogen) atoms. The van der Waals surface area contributed by atoms with E-state index in [2.05, 4.69) is 4.74 Å². The fraction of sp³-hybridized carbons (Fsp3) is 0.833. The van der Waals surface area contributed by atoms with Gasteiger partial charge in [-0.05, 0) is 0 Å². The molecule has 2 N–H and O–H groups in total. The molecule has 0 aromatic rings. The Morgan fingerprint density at radius 3 is 2.38 bits per heavy atom. The maximum atomic E-state index is 13.3. The van der Waals surface area contributed by atoms with E-state index in [1.807, 2.05) is 0 Å². The van der Waals surface area contributed by atoms with E-state index in [1.54, 1.807) is 0 Å². The van der Waals surface area contributed by atoms with Crippen LogP contribution in [0.15, 0.2) is 0 Å². The molecule has 0 aromatic heterocycles. The molecule has 0 aliphatic carbocycles. The summed E-state index contributed by atoms with van der Waals surface area (Å²) >= 11 is 0. The molecule has 0 radical (unpaired) electrons. The fourth-order valence-corrected chi connectivity index (χ4v) is 3.82. The lowest BCUT2D eigenvalue weighted by atomic mass is 9.78. The normalized spacial score (nSPS) is 36.3. The SMILES string of the molecule is O=C(OCCC(F)(F)C(F)(F)S(=O)(=O)O)C1C2OC3C(OC(=O)C31)C2O. The Hall–Kier alpha value is -1.51. The second-order valence-corrected chi connectivity index (χ2v) is 7.59. The minimum absolute atomic E-state index is 0.843. The van der Waals surface area contributed by atoms with Gasteiger partial charge in [0, 0.05) is 0 Å². The molecule has 0 aromatic carbocycles. The Labute approximate surface area is 142 Å². The summed E-state index contributed by atoms with van der Waals surface area (Å²) in [5.74, 6) is -9.80. The summed E-state index contributed by atoms with van der Waals surface area (Å²) < 4.78 is 96.2. The first-order chi connectivity index (χ1) is 11.8. The third-order valence-electron chi connectivity index (χ3n) is 4.61. The van der Waals surface area contributed by atoms with Gasteiger partial charge in [0.1, 0.15) is 30.1 Å². The van der Waals surface area contributed by atoms with E-state index in [0.29, 0.717) is 0 Å². The summed E-state index contributed by atoms with van der Waals surface area (Å²) in [4.78, 5) is 23.7. The maximum absolute atomic E-state index is 13.3. The Balaban J connectivity index is 1.63. The molecule has 0 saturated carbocycles. The largest absolute Gasteiger partial charge is 0.465 e. The van der Waals surface area contributed by atoms with Crippen LogP contribution in [0.1, 0.15) is 6.42 Å². The maximum Gasteiger partial charge on any atom is 0.431 e. The first-order valence-corrected chi connectivity index (χ1v) is 8.67. The number of hydrogen-bond donors (Lipinski definition) is 2. The average Bonchev–Trinajstić information content (AvgIpc) is 3.09. The lowest BCUT2D eigenvalue weighted by Gasteiger charge is -2.25. The number of aliphatic hydroxyl groups is 1. The van der Waals surface area contributed by atoms with Gasteiger partial charge >= 0.3 is 33.2 Å². The average molecular weight is 408 g/mol. The summed E-state index contributed by atoms with van der Waals surface area (Å²) in [6.07, 6.45) is -6.25. The first-order valence-electron chi connectivity index (χ1n) is 7.23. The van der Waals surface area contributed by atoms with E-state index >= 15 is 0 Å². The van der Waals surface area contributed by atoms with E-state index in [0.717, 1.165) is 0 Å². The number of fused-ring (bicyclic) bond motifs is 1. The van der Waals surface area contributed by atoms with Gasteiger partial charge < -0.3 is 19.3 Å². The third-order valence-corrected chi connectivity index (χ3v) is 5.56. The molecule has 0 amide bonds. The summed E-state index contributed by atoms with van der Waals surface area (Å²) in [5, 5.41) is 4.09. The van der Waals surface area contributed by atoms with Crippen molar-refractivity contribution in [3.05, 3.63) is 0 Å². The second kappa shape index (κ2) is 5.74. The molecule has 3 aliphatic heterocycles. The number of alkyl halides is 4. The van der Waals surface area contributed by atoms with Gasteiger partial charge in [-0.2, -0.15) is 26.0 Å². The summed E-state index contributed by atoms with van der Waals surface area (Å²) in [7, 11) is -6.39. The second-order valence-electron chi connectivity index (χ2n) is 6.12. The van der Waals surface area contributed by atoms with Crippen molar-refractivity contribution in [3.63, 3.8) is 0 Å². The highest BCUT2D eigenvalue weighted by Crippen LogP contribution is 2.50. The molecule has 3 fully saturated rings. The molecule has 14 heteroatoms. The van der Waals surface area contributed by atoms with Gasteiger partial charge in [-0.3, -0.25) is 14.1 Å². The number of carbonyl (C=O) groups excluding carboxylic acids is 2. The molecule has 3 saturated heterocycles. The van der Waals surface area contributed by atoms with Crippen molar-refractivity contribution in [3.8, 4) is 0 Å². The van der Waals surface area contributed by atoms with Crippen molar-refractivity contribution in [2.45, 2.75) is 42.0 Å². The van der Waals surface area contributed by atoms with Crippen LogP contribution < -0.4 is 0 Å². The molecular formula is C12H12F4O9S. The Morgan fingerprint density at radius 1 is 1.19 bits per heavy atom. The zero-order valence-electron chi connectivity index (χ0n) is 12.6. The number of aliphatic hydroxyl groups excluding tert-OH is 1. The van der Waals surface area contributed by atoms with Crippen molar-refractivity contribution in [2.75, 3.05) is 6.61 Å². The smallest absolute Gasteiger partial charge is 0.431 e. The van der Waals surface area contributed by atoms with Crippen LogP contribution >= 0.6 is 0 Å². The zero-order valence-corrected chi connectivity index (χ0v) is 13.4. The lowest BCUT2D eigenvalue weighted by Crippen LogP contribution is -2.48. The molecule has 6 atom stereocenters. The predicted octanol–water partition coefficient (Wildman–Crippen LogP) is -0.665. The zero-order chi connectivity index (χ0) is 19.7. The molecular weight excluding hydrogens is 396 g/mol. The standard InChI is InChI=1S/C12H12F4O9S/c13-11(14,12(15,16)26(20,21)22)1-2-23-9(18)3-4-7-8(25-10(4)19)5(17)6(3)24-7/h3-8,17H,1-2H2,(H,20,21,22). The van der Waals surface area contributed by atoms with Crippen LogP contribution in [0.2, 0.25) is 0 Å². The van der Waals surface area contributed by atoms with E-state index in [-0.39, 0.29) is 0 Å². The van der Waals surface area contributed by atoms with E-state index < -0.39 is 82.5 Å². The number of ether oxygens (including phenoxy) is 3. The minimum atomic E-state index is -6.39. The molecule has 9 nitrogen and oxygen atoms in total. The Bertz CT molecular complexity index is 739. The molecule has 3 aliphatic rings. The van der Waals surface area contributed by atoms with Crippen molar-refractivity contribution in [1.29, 1.82) is 0 Å². The lowest BCUT2D eigenvalue weighted by molar-refractivity contribution is -0.177. The van der Waals surface area contributed by atoms with Gasteiger partial charge in [0.2, 0.25) is 0 Å². The molecule has 6 unspecified atom stereocenters. The topological polar surface area (TPSA) is 136 Å². The van der Waals surface area contributed by atoms with Gasteiger partial charge in [0.05, 0.1) is 13.0 Å². The van der Waals surface area contributed by atoms with Crippen LogP contribution in [0, 0.1) is 11.8 Å². The Morgan fingerprint density at radius 2 is 1.81 bits per heavy atom. The van der Waals surface area contributed by atoms with Gasteiger partial charge in [-0.25, -0.2) is 0 Å². The van der Waals surface area contributed by atoms with Crippen LogP contribution in [-0.4, -0.2) is 72.2 Å². The summed E-state index contributed by atoms with van der Waals surface area (Å²) in [6.45, 7) is -1.33. The van der Waals surface area contributed by atoms with E-state index in [1.165, 1.54) is 0 Å². The minimum Gasteiger partial charge on any atom is -0.465 e. The number of halogens is 4. The van der Waals surface area contributed by atoms with Crippen LogP contribution in [0.4, 0.5) is 17.6 Å². The highest BCUT2D eigenvalue weighted by Gasteiger charge is 2.70. The quantitative estimate of drug-likeness (QED) is 0.333. The van der Waals surface area contributed by atoms with Gasteiger partial charge in [0.15, 0.2) is 6.10 Å². The highest BCUT2D eigenvalue weighted by atomic mass is 32.2. The highest BCUT2D eigenvalue weighted by molar-refractivity contribution is 7.87. The molecule has 2 bridgehead atoms. The van der Waals surface area contributed by atoms with Gasteiger partial charge in [-0.15, -0.1) is 0 Å². The monoisotopic (exact) mass is 408 g/mol. The number of esters is 2. The predicted molar refractivity (Wildman–Crippen MR) is 68.5 cm³/mol. The van der Waals surface area contributed by atoms with Crippen LogP contribution in [0.3, 0.4) is 0 Å².